The lowest BCUT2D eigenvalue weighted by molar-refractivity contribution is 0.0127. The van der Waals surface area contributed by atoms with E-state index in [0.29, 0.717) is 31.7 Å². The highest BCUT2D eigenvalue weighted by atomic mass is 32.2. The molecule has 1 saturated heterocycles. The van der Waals surface area contributed by atoms with E-state index in [4.69, 9.17) is 14.7 Å². The van der Waals surface area contributed by atoms with Gasteiger partial charge in [0, 0.05) is 25.9 Å². The molecule has 28 heavy (non-hydrogen) atoms. The van der Waals surface area contributed by atoms with Crippen molar-refractivity contribution in [3.8, 4) is 11.9 Å². The summed E-state index contributed by atoms with van der Waals surface area (Å²) in [4.78, 5) is 18.0. The summed E-state index contributed by atoms with van der Waals surface area (Å²) < 4.78 is 25.7. The Kier molecular flexibility index (Phi) is 7.52. The minimum Gasteiger partial charge on any atom is -0.488 e. The molecule has 0 radical (unpaired) electrons. The highest BCUT2D eigenvalue weighted by Crippen LogP contribution is 2.33. The summed E-state index contributed by atoms with van der Waals surface area (Å²) in [5, 5.41) is 11.5. The summed E-state index contributed by atoms with van der Waals surface area (Å²) in [6, 6.07) is 4.49. The molecule has 1 aromatic rings. The second-order valence-electron chi connectivity index (χ2n) is 7.23. The zero-order chi connectivity index (χ0) is 20.7. The van der Waals surface area contributed by atoms with E-state index >= 15 is 0 Å². The van der Waals surface area contributed by atoms with Crippen molar-refractivity contribution in [2.75, 3.05) is 19.3 Å². The molecular formula is C19H25FN4O3S. The Morgan fingerprint density at radius 3 is 2.64 bits per heavy atom. The van der Waals surface area contributed by atoms with Crippen molar-refractivity contribution < 1.29 is 18.7 Å². The molecular weight excluding hydrogens is 383 g/mol. The van der Waals surface area contributed by atoms with Crippen LogP contribution < -0.4 is 10.1 Å². The number of para-hydroxylation sites is 1. The van der Waals surface area contributed by atoms with Crippen LogP contribution in [0.5, 0.6) is 5.75 Å². The maximum atomic E-state index is 14.3. The molecule has 1 aromatic carbocycles. The normalized spacial score (nSPS) is 15.7. The van der Waals surface area contributed by atoms with Gasteiger partial charge in [-0.05, 0) is 39.2 Å². The molecule has 0 unspecified atom stereocenters. The number of nitrogens with one attached hydrogen (secondary N) is 1. The maximum Gasteiger partial charge on any atom is 0.410 e. The van der Waals surface area contributed by atoms with Gasteiger partial charge in [0.15, 0.2) is 17.2 Å². The number of nitrogens with zero attached hydrogens (tertiary/aromatic N) is 3. The molecule has 152 valence electrons. The average Bonchev–Trinajstić information content (AvgIpc) is 2.63. The van der Waals surface area contributed by atoms with Gasteiger partial charge in [-0.1, -0.05) is 17.8 Å². The van der Waals surface area contributed by atoms with Gasteiger partial charge in [-0.3, -0.25) is 5.32 Å². The smallest absolute Gasteiger partial charge is 0.410 e. The molecule has 0 aliphatic carbocycles. The second-order valence-corrected chi connectivity index (χ2v) is 8.02. The van der Waals surface area contributed by atoms with E-state index in [1.54, 1.807) is 29.5 Å². The first-order valence-electron chi connectivity index (χ1n) is 8.94. The Labute approximate surface area is 168 Å². The van der Waals surface area contributed by atoms with Crippen LogP contribution in [0.1, 0.15) is 33.6 Å². The highest BCUT2D eigenvalue weighted by Gasteiger charge is 2.28. The maximum absolute atomic E-state index is 14.3. The molecule has 2 rings (SSSR count). The van der Waals surface area contributed by atoms with Crippen molar-refractivity contribution in [1.29, 1.82) is 5.26 Å². The zero-order valence-corrected chi connectivity index (χ0v) is 17.3. The van der Waals surface area contributed by atoms with Gasteiger partial charge < -0.3 is 14.4 Å². The SMILES string of the molecule is CSC(=Nc1c(F)cccc1OC1CCN(C(=O)OC(C)(C)C)CC1)NC#N. The number of halogens is 1. The molecule has 1 aliphatic rings. The molecule has 0 spiro atoms. The van der Waals surface area contributed by atoms with Gasteiger partial charge in [0.1, 0.15) is 23.1 Å². The van der Waals surface area contributed by atoms with Crippen LogP contribution in [0, 0.1) is 17.3 Å². The minimum absolute atomic E-state index is 0.0455. The number of ether oxygens (including phenoxy) is 2. The second kappa shape index (κ2) is 9.64. The molecule has 1 amide bonds. The van der Waals surface area contributed by atoms with E-state index in [9.17, 15) is 9.18 Å². The van der Waals surface area contributed by atoms with Crippen LogP contribution in [0.15, 0.2) is 23.2 Å². The first-order chi connectivity index (χ1) is 13.2. The van der Waals surface area contributed by atoms with Crippen molar-refractivity contribution in [1.82, 2.24) is 10.2 Å². The Balaban J connectivity index is 2.05. The third-order valence-electron chi connectivity index (χ3n) is 3.91. The molecule has 0 atom stereocenters. The molecule has 0 bridgehead atoms. The number of thioether (sulfide) groups is 1. The van der Waals surface area contributed by atoms with Crippen LogP contribution in [-0.2, 0) is 4.74 Å². The lowest BCUT2D eigenvalue weighted by Gasteiger charge is -2.33. The topological polar surface area (TPSA) is 86.9 Å². The fourth-order valence-electron chi connectivity index (χ4n) is 2.64. The Bertz CT molecular complexity index is 765. The molecule has 1 aliphatic heterocycles. The van der Waals surface area contributed by atoms with E-state index < -0.39 is 11.4 Å². The number of amidine groups is 1. The number of hydrogen-bond donors (Lipinski definition) is 1. The number of likely N-dealkylation sites (tertiary alicyclic amines) is 1. The third-order valence-corrected chi connectivity index (χ3v) is 4.49. The van der Waals surface area contributed by atoms with Gasteiger partial charge in [-0.15, -0.1) is 0 Å². The van der Waals surface area contributed by atoms with Gasteiger partial charge in [0.2, 0.25) is 0 Å². The fraction of sp³-hybridized carbons (Fsp3) is 0.526. The number of carbonyl (C=O) groups excluding carboxylic acids is 1. The first kappa shape index (κ1) is 21.8. The lowest BCUT2D eigenvalue weighted by Crippen LogP contribution is -2.44. The van der Waals surface area contributed by atoms with Crippen LogP contribution in [-0.4, -0.2) is 47.2 Å². The molecule has 1 heterocycles. The number of carbonyl (C=O) groups is 1. The average molecular weight is 408 g/mol. The summed E-state index contributed by atoms with van der Waals surface area (Å²) in [7, 11) is 0. The summed E-state index contributed by atoms with van der Waals surface area (Å²) in [6.07, 6.45) is 4.20. The van der Waals surface area contributed by atoms with Crippen molar-refractivity contribution in [2.45, 2.75) is 45.3 Å². The van der Waals surface area contributed by atoms with Crippen LogP contribution in [0.2, 0.25) is 0 Å². The van der Waals surface area contributed by atoms with Crippen LogP contribution in [0.25, 0.3) is 0 Å². The highest BCUT2D eigenvalue weighted by molar-refractivity contribution is 8.13. The van der Waals surface area contributed by atoms with Crippen molar-refractivity contribution in [3.63, 3.8) is 0 Å². The number of benzene rings is 1. The largest absolute Gasteiger partial charge is 0.488 e. The quantitative estimate of drug-likeness (QED) is 0.352. The standard InChI is InChI=1S/C19H25FN4O3S/c1-19(2,3)27-18(25)24-10-8-13(9-11-24)26-15-7-5-6-14(20)16(15)23-17(28-4)22-12-21/h5-7,13H,8-11H2,1-4H3,(H,22,23). The monoisotopic (exact) mass is 408 g/mol. The van der Waals surface area contributed by atoms with Crippen LogP contribution in [0.3, 0.4) is 0 Å². The van der Waals surface area contributed by atoms with Crippen LogP contribution >= 0.6 is 11.8 Å². The molecule has 0 saturated carbocycles. The molecule has 7 nitrogen and oxygen atoms in total. The van der Waals surface area contributed by atoms with Gasteiger partial charge in [-0.25, -0.2) is 14.2 Å². The predicted octanol–water partition coefficient (Wildman–Crippen LogP) is 4.03. The van der Waals surface area contributed by atoms with Gasteiger partial charge in [0.05, 0.1) is 0 Å². The van der Waals surface area contributed by atoms with Crippen molar-refractivity contribution >= 4 is 28.7 Å². The molecule has 0 aromatic heterocycles. The molecule has 1 N–H and O–H groups in total. The summed E-state index contributed by atoms with van der Waals surface area (Å²) >= 11 is 1.20. The van der Waals surface area contributed by atoms with E-state index in [0.717, 1.165) is 0 Å². The van der Waals surface area contributed by atoms with E-state index in [2.05, 4.69) is 10.3 Å². The van der Waals surface area contributed by atoms with Gasteiger partial charge >= 0.3 is 6.09 Å². The predicted molar refractivity (Wildman–Crippen MR) is 107 cm³/mol. The molecule has 1 fully saturated rings. The van der Waals surface area contributed by atoms with Crippen molar-refractivity contribution in [2.24, 2.45) is 4.99 Å². The number of rotatable bonds is 3. The van der Waals surface area contributed by atoms with Crippen molar-refractivity contribution in [3.05, 3.63) is 24.0 Å². The van der Waals surface area contributed by atoms with Crippen LogP contribution in [0.4, 0.5) is 14.9 Å². The third kappa shape index (κ3) is 6.30. The van der Waals surface area contributed by atoms with Gasteiger partial charge in [0.25, 0.3) is 0 Å². The summed E-state index contributed by atoms with van der Waals surface area (Å²) in [5.74, 6) is -0.225. The lowest BCUT2D eigenvalue weighted by atomic mass is 10.1. The van der Waals surface area contributed by atoms with Gasteiger partial charge in [-0.2, -0.15) is 5.26 Å². The number of nitriles is 1. The Morgan fingerprint density at radius 2 is 2.07 bits per heavy atom. The Hall–Kier alpha value is -2.47. The molecule has 9 heteroatoms. The number of amides is 1. The van der Waals surface area contributed by atoms with E-state index in [-0.39, 0.29) is 23.1 Å². The zero-order valence-electron chi connectivity index (χ0n) is 16.5. The number of hydrogen-bond acceptors (Lipinski definition) is 6. The van der Waals surface area contributed by atoms with E-state index in [1.165, 1.54) is 17.8 Å². The van der Waals surface area contributed by atoms with E-state index in [1.807, 2.05) is 20.8 Å². The minimum atomic E-state index is -0.536. The first-order valence-corrected chi connectivity index (χ1v) is 10.2. The summed E-state index contributed by atoms with van der Waals surface area (Å²) in [6.45, 7) is 6.49. The Morgan fingerprint density at radius 1 is 1.39 bits per heavy atom. The number of aliphatic imine (C=N–C) groups is 1. The number of piperidine rings is 1. The fourth-order valence-corrected chi connectivity index (χ4v) is 2.97. The summed E-state index contributed by atoms with van der Waals surface area (Å²) in [5.41, 5.74) is -0.491.